The standard InChI is InChI=1S/C18H19ClN2O3S/c19-15-10-4-5-11-16(15)20-18(22)17-12-6-7-13-21(17)25(23,24)14-8-2-1-3-9-14/h1-5,8-11,17H,6-7,12-13H2,(H,20,22). The number of rotatable bonds is 4. The van der Waals surface area contributed by atoms with E-state index in [-0.39, 0.29) is 10.8 Å². The molecular formula is C18H19ClN2O3S. The Kier molecular flexibility index (Phi) is 5.42. The fourth-order valence-electron chi connectivity index (χ4n) is 2.96. The van der Waals surface area contributed by atoms with Gasteiger partial charge in [-0.2, -0.15) is 4.31 Å². The Morgan fingerprint density at radius 3 is 2.44 bits per heavy atom. The molecule has 3 rings (SSSR count). The second-order valence-electron chi connectivity index (χ2n) is 5.91. The van der Waals surface area contributed by atoms with Gasteiger partial charge in [0.2, 0.25) is 15.9 Å². The van der Waals surface area contributed by atoms with E-state index in [1.54, 1.807) is 54.6 Å². The summed E-state index contributed by atoms with van der Waals surface area (Å²) in [7, 11) is -3.72. The van der Waals surface area contributed by atoms with E-state index in [4.69, 9.17) is 11.6 Å². The second-order valence-corrected chi connectivity index (χ2v) is 8.21. The van der Waals surface area contributed by atoms with Crippen LogP contribution in [0.4, 0.5) is 5.69 Å². The van der Waals surface area contributed by atoms with E-state index in [0.717, 1.165) is 12.8 Å². The highest BCUT2D eigenvalue weighted by Gasteiger charge is 2.37. The molecule has 1 aliphatic rings. The number of benzene rings is 2. The van der Waals surface area contributed by atoms with Crippen molar-refractivity contribution in [3.8, 4) is 0 Å². The van der Waals surface area contributed by atoms with Gasteiger partial charge in [-0.15, -0.1) is 0 Å². The zero-order valence-electron chi connectivity index (χ0n) is 13.6. The van der Waals surface area contributed by atoms with Gasteiger partial charge in [0, 0.05) is 6.54 Å². The molecule has 0 aliphatic carbocycles. The zero-order valence-corrected chi connectivity index (χ0v) is 15.1. The lowest BCUT2D eigenvalue weighted by Gasteiger charge is -2.33. The molecule has 1 unspecified atom stereocenters. The molecule has 2 aromatic rings. The number of sulfonamides is 1. The lowest BCUT2D eigenvalue weighted by molar-refractivity contribution is -0.120. The van der Waals surface area contributed by atoms with E-state index >= 15 is 0 Å². The number of anilines is 1. The summed E-state index contributed by atoms with van der Waals surface area (Å²) in [4.78, 5) is 12.9. The Hall–Kier alpha value is -1.89. The number of nitrogens with zero attached hydrogens (tertiary/aromatic N) is 1. The highest BCUT2D eigenvalue weighted by atomic mass is 35.5. The van der Waals surface area contributed by atoms with Gasteiger partial charge in [-0.1, -0.05) is 48.4 Å². The lowest BCUT2D eigenvalue weighted by Crippen LogP contribution is -2.49. The monoisotopic (exact) mass is 378 g/mol. The van der Waals surface area contributed by atoms with Gasteiger partial charge >= 0.3 is 0 Å². The Morgan fingerprint density at radius 2 is 1.72 bits per heavy atom. The average Bonchev–Trinajstić information content (AvgIpc) is 2.64. The first-order valence-electron chi connectivity index (χ1n) is 8.12. The fraction of sp³-hybridized carbons (Fsp3) is 0.278. The Balaban J connectivity index is 1.86. The maximum absolute atomic E-state index is 12.9. The summed E-state index contributed by atoms with van der Waals surface area (Å²) < 4.78 is 27.2. The molecule has 1 fully saturated rings. The van der Waals surface area contributed by atoms with Crippen LogP contribution in [0.2, 0.25) is 5.02 Å². The quantitative estimate of drug-likeness (QED) is 0.885. The molecule has 1 saturated heterocycles. The highest BCUT2D eigenvalue weighted by Crippen LogP contribution is 2.27. The number of nitrogens with one attached hydrogen (secondary N) is 1. The molecule has 1 N–H and O–H groups in total. The van der Waals surface area contributed by atoms with Crippen LogP contribution in [0.3, 0.4) is 0 Å². The molecule has 132 valence electrons. The number of para-hydroxylation sites is 1. The molecule has 0 spiro atoms. The number of halogens is 1. The summed E-state index contributed by atoms with van der Waals surface area (Å²) >= 11 is 6.08. The van der Waals surface area contributed by atoms with E-state index in [2.05, 4.69) is 5.32 Å². The maximum atomic E-state index is 12.9. The summed E-state index contributed by atoms with van der Waals surface area (Å²) in [5.41, 5.74) is 0.483. The minimum atomic E-state index is -3.72. The number of carbonyl (C=O) groups is 1. The predicted molar refractivity (Wildman–Crippen MR) is 98.1 cm³/mol. The first-order valence-corrected chi connectivity index (χ1v) is 9.94. The van der Waals surface area contributed by atoms with Crippen molar-refractivity contribution in [3.05, 3.63) is 59.6 Å². The summed E-state index contributed by atoms with van der Waals surface area (Å²) in [5, 5.41) is 3.18. The van der Waals surface area contributed by atoms with Gasteiger partial charge in [0.25, 0.3) is 0 Å². The molecule has 2 aromatic carbocycles. The van der Waals surface area contributed by atoms with Gasteiger partial charge in [0.15, 0.2) is 0 Å². The van der Waals surface area contributed by atoms with E-state index in [0.29, 0.717) is 23.7 Å². The lowest BCUT2D eigenvalue weighted by atomic mass is 10.0. The number of amides is 1. The molecule has 0 aromatic heterocycles. The minimum absolute atomic E-state index is 0.201. The molecule has 7 heteroatoms. The maximum Gasteiger partial charge on any atom is 0.243 e. The molecule has 5 nitrogen and oxygen atoms in total. The molecule has 1 amide bonds. The van der Waals surface area contributed by atoms with E-state index in [9.17, 15) is 13.2 Å². The predicted octanol–water partition coefficient (Wildman–Crippen LogP) is 3.52. The highest BCUT2D eigenvalue weighted by molar-refractivity contribution is 7.89. The third kappa shape index (κ3) is 3.86. The first kappa shape index (κ1) is 17.9. The largest absolute Gasteiger partial charge is 0.323 e. The number of hydrogen-bond acceptors (Lipinski definition) is 3. The van der Waals surface area contributed by atoms with Crippen LogP contribution in [-0.2, 0) is 14.8 Å². The Bertz CT molecular complexity index is 856. The molecule has 1 heterocycles. The molecule has 1 atom stereocenters. The Morgan fingerprint density at radius 1 is 1.04 bits per heavy atom. The third-order valence-corrected chi connectivity index (χ3v) is 6.49. The van der Waals surface area contributed by atoms with Gasteiger partial charge in [0.1, 0.15) is 6.04 Å². The van der Waals surface area contributed by atoms with Crippen LogP contribution >= 0.6 is 11.6 Å². The number of hydrogen-bond donors (Lipinski definition) is 1. The van der Waals surface area contributed by atoms with Crippen molar-refractivity contribution in [2.24, 2.45) is 0 Å². The van der Waals surface area contributed by atoms with Gasteiger partial charge in [0.05, 0.1) is 15.6 Å². The van der Waals surface area contributed by atoms with Gasteiger partial charge in [-0.3, -0.25) is 4.79 Å². The summed E-state index contributed by atoms with van der Waals surface area (Å²) in [6.07, 6.45) is 2.03. The minimum Gasteiger partial charge on any atom is -0.323 e. The molecular weight excluding hydrogens is 360 g/mol. The van der Waals surface area contributed by atoms with Crippen LogP contribution in [-0.4, -0.2) is 31.2 Å². The molecule has 0 saturated carbocycles. The van der Waals surface area contributed by atoms with Crippen molar-refractivity contribution < 1.29 is 13.2 Å². The summed E-state index contributed by atoms with van der Waals surface area (Å²) in [6, 6.07) is 14.4. The van der Waals surface area contributed by atoms with Crippen LogP contribution in [0.5, 0.6) is 0 Å². The van der Waals surface area contributed by atoms with Crippen LogP contribution in [0, 0.1) is 0 Å². The number of carbonyl (C=O) groups excluding carboxylic acids is 1. The van der Waals surface area contributed by atoms with E-state index in [1.807, 2.05) is 0 Å². The molecule has 0 bridgehead atoms. The van der Waals surface area contributed by atoms with E-state index < -0.39 is 16.1 Å². The molecule has 25 heavy (non-hydrogen) atoms. The van der Waals surface area contributed by atoms with Crippen molar-refractivity contribution in [2.45, 2.75) is 30.2 Å². The van der Waals surface area contributed by atoms with Crippen molar-refractivity contribution in [3.63, 3.8) is 0 Å². The second kappa shape index (κ2) is 7.56. The normalized spacial score (nSPS) is 18.7. The summed E-state index contributed by atoms with van der Waals surface area (Å²) in [5.74, 6) is -0.354. The van der Waals surface area contributed by atoms with Crippen LogP contribution < -0.4 is 5.32 Å². The summed E-state index contributed by atoms with van der Waals surface area (Å²) in [6.45, 7) is 0.331. The first-order chi connectivity index (χ1) is 12.0. The van der Waals surface area contributed by atoms with Crippen molar-refractivity contribution in [1.82, 2.24) is 4.31 Å². The average molecular weight is 379 g/mol. The van der Waals surface area contributed by atoms with Crippen molar-refractivity contribution in [2.75, 3.05) is 11.9 Å². The van der Waals surface area contributed by atoms with Gasteiger partial charge < -0.3 is 5.32 Å². The van der Waals surface area contributed by atoms with Crippen molar-refractivity contribution in [1.29, 1.82) is 0 Å². The van der Waals surface area contributed by atoms with E-state index in [1.165, 1.54) is 4.31 Å². The fourth-order valence-corrected chi connectivity index (χ4v) is 4.82. The topological polar surface area (TPSA) is 66.5 Å². The number of piperidine rings is 1. The third-order valence-electron chi connectivity index (χ3n) is 4.24. The van der Waals surface area contributed by atoms with Gasteiger partial charge in [-0.05, 0) is 37.1 Å². The van der Waals surface area contributed by atoms with Gasteiger partial charge in [-0.25, -0.2) is 8.42 Å². The van der Waals surface area contributed by atoms with Crippen molar-refractivity contribution >= 4 is 33.2 Å². The van der Waals surface area contributed by atoms with Crippen LogP contribution in [0.1, 0.15) is 19.3 Å². The van der Waals surface area contributed by atoms with Crippen LogP contribution in [0.15, 0.2) is 59.5 Å². The molecule has 0 radical (unpaired) electrons. The van der Waals surface area contributed by atoms with Crippen LogP contribution in [0.25, 0.3) is 0 Å². The SMILES string of the molecule is O=C(Nc1ccccc1Cl)C1CCCCN1S(=O)(=O)c1ccccc1. The smallest absolute Gasteiger partial charge is 0.243 e. The zero-order chi connectivity index (χ0) is 17.9. The molecule has 1 aliphatic heterocycles. The Labute approximate surface area is 152 Å².